The van der Waals surface area contributed by atoms with Crippen molar-refractivity contribution in [2.45, 2.75) is 18.8 Å². The number of benzene rings is 1. The Morgan fingerprint density at radius 1 is 1.39 bits per heavy atom. The first-order valence-electron chi connectivity index (χ1n) is 5.56. The van der Waals surface area contributed by atoms with Gasteiger partial charge in [0, 0.05) is 6.54 Å². The Hall–Kier alpha value is -1.30. The van der Waals surface area contributed by atoms with Gasteiger partial charge in [0.15, 0.2) is 0 Å². The number of hydrogen-bond acceptors (Lipinski definition) is 4. The highest BCUT2D eigenvalue weighted by Crippen LogP contribution is 2.10. The summed E-state index contributed by atoms with van der Waals surface area (Å²) >= 11 is 0. The van der Waals surface area contributed by atoms with Crippen molar-refractivity contribution in [3.05, 3.63) is 35.9 Å². The molecule has 0 bridgehead atoms. The smallest absolute Gasteiger partial charge is 0.410 e. The molecule has 1 aromatic carbocycles. The zero-order chi connectivity index (χ0) is 12.3. The number of likely N-dealkylation sites (tertiary alicyclic amines) is 1. The first-order chi connectivity index (χ1) is 8.16. The van der Waals surface area contributed by atoms with Gasteiger partial charge >= 0.3 is 6.09 Å². The van der Waals surface area contributed by atoms with Gasteiger partial charge in [-0.15, -0.1) is 12.4 Å². The molecular formula is C12H17ClN2O3. The van der Waals surface area contributed by atoms with Crippen LogP contribution >= 0.6 is 12.4 Å². The third-order valence-electron chi connectivity index (χ3n) is 2.80. The number of nitrogens with zero attached hydrogens (tertiary/aromatic N) is 1. The standard InChI is InChI=1S/C12H16N2O3.ClH/c13-10-6-14(7-11(10)15)12(16)17-8-9-4-2-1-3-5-9;/h1-5,10-11,15H,6-8,13H2;1H/t10-,11-;/m1./s1. The fraction of sp³-hybridized carbons (Fsp3) is 0.417. The minimum absolute atomic E-state index is 0. The summed E-state index contributed by atoms with van der Waals surface area (Å²) in [5.41, 5.74) is 6.55. The Morgan fingerprint density at radius 3 is 2.61 bits per heavy atom. The van der Waals surface area contributed by atoms with Gasteiger partial charge in [-0.1, -0.05) is 30.3 Å². The van der Waals surface area contributed by atoms with Crippen molar-refractivity contribution >= 4 is 18.5 Å². The van der Waals surface area contributed by atoms with Crippen LogP contribution in [0.4, 0.5) is 4.79 Å². The van der Waals surface area contributed by atoms with Crippen LogP contribution in [0.1, 0.15) is 5.56 Å². The van der Waals surface area contributed by atoms with Gasteiger partial charge in [-0.2, -0.15) is 0 Å². The molecule has 1 amide bonds. The molecule has 1 aromatic rings. The molecule has 5 nitrogen and oxygen atoms in total. The summed E-state index contributed by atoms with van der Waals surface area (Å²) in [5.74, 6) is 0. The lowest BCUT2D eigenvalue weighted by molar-refractivity contribution is 0.0971. The quantitative estimate of drug-likeness (QED) is 0.833. The van der Waals surface area contributed by atoms with E-state index in [0.717, 1.165) is 5.56 Å². The third-order valence-corrected chi connectivity index (χ3v) is 2.80. The molecule has 0 radical (unpaired) electrons. The average molecular weight is 273 g/mol. The first kappa shape index (κ1) is 14.8. The van der Waals surface area contributed by atoms with E-state index in [1.807, 2.05) is 30.3 Å². The molecule has 18 heavy (non-hydrogen) atoms. The van der Waals surface area contributed by atoms with Crippen LogP contribution in [0.25, 0.3) is 0 Å². The predicted octanol–water partition coefficient (Wildman–Crippen LogP) is 0.749. The second-order valence-electron chi connectivity index (χ2n) is 4.18. The van der Waals surface area contributed by atoms with Gasteiger partial charge < -0.3 is 20.5 Å². The molecule has 0 aliphatic carbocycles. The molecule has 0 saturated carbocycles. The second kappa shape index (κ2) is 6.58. The van der Waals surface area contributed by atoms with Gasteiger partial charge in [-0.25, -0.2) is 4.79 Å². The number of carbonyl (C=O) groups is 1. The Bertz CT molecular complexity index is 378. The molecule has 1 aliphatic heterocycles. The minimum Gasteiger partial charge on any atom is -0.445 e. The van der Waals surface area contributed by atoms with E-state index < -0.39 is 12.2 Å². The summed E-state index contributed by atoms with van der Waals surface area (Å²) in [7, 11) is 0. The van der Waals surface area contributed by atoms with Crippen LogP contribution in [0.5, 0.6) is 0 Å². The fourth-order valence-electron chi connectivity index (χ4n) is 1.77. The van der Waals surface area contributed by atoms with Crippen molar-refractivity contribution in [2.75, 3.05) is 13.1 Å². The van der Waals surface area contributed by atoms with E-state index in [2.05, 4.69) is 0 Å². The molecule has 3 N–H and O–H groups in total. The Kier molecular flexibility index (Phi) is 5.40. The van der Waals surface area contributed by atoms with E-state index >= 15 is 0 Å². The summed E-state index contributed by atoms with van der Waals surface area (Å²) in [4.78, 5) is 13.1. The van der Waals surface area contributed by atoms with Crippen molar-refractivity contribution < 1.29 is 14.6 Å². The van der Waals surface area contributed by atoms with Gasteiger partial charge in [0.2, 0.25) is 0 Å². The number of carbonyl (C=O) groups excluding carboxylic acids is 1. The molecule has 2 atom stereocenters. The number of halogens is 1. The van der Waals surface area contributed by atoms with Crippen LogP contribution in [0.3, 0.4) is 0 Å². The molecule has 2 rings (SSSR count). The van der Waals surface area contributed by atoms with Crippen LogP contribution in [-0.4, -0.2) is 41.3 Å². The molecule has 100 valence electrons. The number of ether oxygens (including phenoxy) is 1. The van der Waals surface area contributed by atoms with E-state index in [0.29, 0.717) is 6.54 Å². The van der Waals surface area contributed by atoms with Crippen molar-refractivity contribution in [1.82, 2.24) is 4.90 Å². The van der Waals surface area contributed by atoms with Crippen molar-refractivity contribution in [2.24, 2.45) is 5.73 Å². The highest BCUT2D eigenvalue weighted by molar-refractivity contribution is 5.85. The zero-order valence-electron chi connectivity index (χ0n) is 9.86. The maximum absolute atomic E-state index is 11.6. The fourth-order valence-corrected chi connectivity index (χ4v) is 1.77. The lowest BCUT2D eigenvalue weighted by atomic mass is 10.2. The van der Waals surface area contributed by atoms with Gasteiger partial charge in [0.1, 0.15) is 6.61 Å². The van der Waals surface area contributed by atoms with Crippen LogP contribution in [0.2, 0.25) is 0 Å². The monoisotopic (exact) mass is 272 g/mol. The lowest BCUT2D eigenvalue weighted by Gasteiger charge is -2.15. The Balaban J connectivity index is 0.00000162. The summed E-state index contributed by atoms with van der Waals surface area (Å²) in [6.45, 7) is 0.824. The number of hydrogen-bond donors (Lipinski definition) is 2. The highest BCUT2D eigenvalue weighted by Gasteiger charge is 2.32. The summed E-state index contributed by atoms with van der Waals surface area (Å²) in [5, 5.41) is 9.43. The molecule has 0 unspecified atom stereocenters. The molecule has 1 saturated heterocycles. The third kappa shape index (κ3) is 3.60. The van der Waals surface area contributed by atoms with Crippen LogP contribution in [0, 0.1) is 0 Å². The highest BCUT2D eigenvalue weighted by atomic mass is 35.5. The molecule has 0 aromatic heterocycles. The number of nitrogens with two attached hydrogens (primary N) is 1. The number of aliphatic hydroxyl groups excluding tert-OH is 1. The van der Waals surface area contributed by atoms with Gasteiger partial charge in [-0.3, -0.25) is 0 Å². The number of aliphatic hydroxyl groups is 1. The first-order valence-corrected chi connectivity index (χ1v) is 5.56. The molecule has 0 spiro atoms. The van der Waals surface area contributed by atoms with E-state index in [4.69, 9.17) is 10.5 Å². The van der Waals surface area contributed by atoms with Gasteiger partial charge in [0.05, 0.1) is 18.7 Å². The SMILES string of the molecule is Cl.N[C@@H]1CN(C(=O)OCc2ccccc2)C[C@H]1O. The molecule has 1 fully saturated rings. The number of amides is 1. The average Bonchev–Trinajstić information content (AvgIpc) is 2.68. The molecule has 1 aliphatic rings. The van der Waals surface area contributed by atoms with Crippen molar-refractivity contribution in [3.8, 4) is 0 Å². The number of β-amino-alcohol motifs (C(OH)–C–C–N with tert-alkyl or cyclic N) is 1. The van der Waals surface area contributed by atoms with E-state index in [-0.39, 0.29) is 31.6 Å². The van der Waals surface area contributed by atoms with Crippen molar-refractivity contribution in [1.29, 1.82) is 0 Å². The summed E-state index contributed by atoms with van der Waals surface area (Å²) in [6.07, 6.45) is -1.08. The normalized spacial score (nSPS) is 22.4. The molecule has 6 heteroatoms. The zero-order valence-corrected chi connectivity index (χ0v) is 10.7. The second-order valence-corrected chi connectivity index (χ2v) is 4.18. The maximum Gasteiger partial charge on any atom is 0.410 e. The van der Waals surface area contributed by atoms with Gasteiger partial charge in [-0.05, 0) is 5.56 Å². The lowest BCUT2D eigenvalue weighted by Crippen LogP contribution is -2.33. The topological polar surface area (TPSA) is 75.8 Å². The Morgan fingerprint density at radius 2 is 2.06 bits per heavy atom. The molecular weight excluding hydrogens is 256 g/mol. The maximum atomic E-state index is 11.6. The molecule has 1 heterocycles. The van der Waals surface area contributed by atoms with E-state index in [9.17, 15) is 9.90 Å². The summed E-state index contributed by atoms with van der Waals surface area (Å²) in [6, 6.07) is 9.08. The van der Waals surface area contributed by atoms with Crippen LogP contribution in [0.15, 0.2) is 30.3 Å². The Labute approximate surface area is 112 Å². The minimum atomic E-state index is -0.653. The summed E-state index contributed by atoms with van der Waals surface area (Å²) < 4.78 is 5.13. The van der Waals surface area contributed by atoms with Crippen LogP contribution in [-0.2, 0) is 11.3 Å². The van der Waals surface area contributed by atoms with Crippen LogP contribution < -0.4 is 5.73 Å². The van der Waals surface area contributed by atoms with E-state index in [1.165, 1.54) is 4.90 Å². The van der Waals surface area contributed by atoms with Crippen molar-refractivity contribution in [3.63, 3.8) is 0 Å². The van der Waals surface area contributed by atoms with Gasteiger partial charge in [0.25, 0.3) is 0 Å². The predicted molar refractivity (Wildman–Crippen MR) is 69.4 cm³/mol. The number of rotatable bonds is 2. The van der Waals surface area contributed by atoms with E-state index in [1.54, 1.807) is 0 Å². The largest absolute Gasteiger partial charge is 0.445 e.